The Bertz CT molecular complexity index is 331. The van der Waals surface area contributed by atoms with Gasteiger partial charge in [-0.05, 0) is 13.8 Å². The van der Waals surface area contributed by atoms with Crippen molar-refractivity contribution < 1.29 is 13.9 Å². The maximum absolute atomic E-state index is 10.9. The predicted molar refractivity (Wildman–Crippen MR) is 49.6 cm³/mol. The third kappa shape index (κ3) is 2.32. The lowest BCUT2D eigenvalue weighted by Gasteiger charge is -1.99. The lowest BCUT2D eigenvalue weighted by atomic mass is 10.2. The van der Waals surface area contributed by atoms with Crippen molar-refractivity contribution in [1.29, 1.82) is 0 Å². The van der Waals surface area contributed by atoms with Gasteiger partial charge < -0.3 is 14.9 Å². The molecule has 78 valence electrons. The Balaban J connectivity index is 2.81. The molecule has 5 nitrogen and oxygen atoms in total. The van der Waals surface area contributed by atoms with Crippen LogP contribution in [0.15, 0.2) is 4.42 Å². The first-order valence-corrected chi connectivity index (χ1v) is 4.33. The molecule has 1 rings (SSSR count). The molecule has 0 aliphatic heterocycles. The van der Waals surface area contributed by atoms with E-state index >= 15 is 0 Å². The molecule has 0 aliphatic carbocycles. The van der Waals surface area contributed by atoms with Crippen molar-refractivity contribution in [3.05, 3.63) is 17.3 Å². The molecule has 0 fully saturated rings. The average molecular weight is 198 g/mol. The third-order valence-corrected chi connectivity index (χ3v) is 1.81. The normalized spacial score (nSPS) is 12.6. The van der Waals surface area contributed by atoms with E-state index in [1.807, 2.05) is 0 Å². The third-order valence-electron chi connectivity index (χ3n) is 1.81. The van der Waals surface area contributed by atoms with E-state index in [9.17, 15) is 4.79 Å². The van der Waals surface area contributed by atoms with E-state index < -0.39 is 0 Å². The zero-order valence-electron chi connectivity index (χ0n) is 8.53. The van der Waals surface area contributed by atoms with Gasteiger partial charge in [0, 0.05) is 0 Å². The molecule has 1 heterocycles. The first-order valence-electron chi connectivity index (χ1n) is 4.33. The standard InChI is InChI=1S/C9H14N2O3/c1-5(10)9-6(2)11-7(14-9)4-8(12)13-3/h5H,4,10H2,1-3H3. The van der Waals surface area contributed by atoms with Gasteiger partial charge in [0.25, 0.3) is 0 Å². The van der Waals surface area contributed by atoms with Gasteiger partial charge in [0.1, 0.15) is 12.2 Å². The topological polar surface area (TPSA) is 78.3 Å². The number of rotatable bonds is 3. The fourth-order valence-electron chi connectivity index (χ4n) is 1.16. The molecule has 0 bridgehead atoms. The molecule has 1 aromatic rings. The van der Waals surface area contributed by atoms with Crippen LogP contribution >= 0.6 is 0 Å². The van der Waals surface area contributed by atoms with E-state index in [0.717, 1.165) is 5.69 Å². The van der Waals surface area contributed by atoms with E-state index in [4.69, 9.17) is 10.2 Å². The van der Waals surface area contributed by atoms with E-state index in [-0.39, 0.29) is 18.4 Å². The monoisotopic (exact) mass is 198 g/mol. The number of nitrogens with zero attached hydrogens (tertiary/aromatic N) is 1. The summed E-state index contributed by atoms with van der Waals surface area (Å²) < 4.78 is 9.80. The maximum atomic E-state index is 10.9. The Morgan fingerprint density at radius 3 is 2.79 bits per heavy atom. The quantitative estimate of drug-likeness (QED) is 0.724. The van der Waals surface area contributed by atoms with Gasteiger partial charge in [0.2, 0.25) is 5.89 Å². The Morgan fingerprint density at radius 1 is 1.71 bits per heavy atom. The summed E-state index contributed by atoms with van der Waals surface area (Å²) in [5, 5.41) is 0. The Kier molecular flexibility index (Phi) is 3.24. The molecule has 0 spiro atoms. The predicted octanol–water partition coefficient (Wildman–Crippen LogP) is 0.718. The molecule has 0 amide bonds. The van der Waals surface area contributed by atoms with Crippen molar-refractivity contribution in [2.75, 3.05) is 7.11 Å². The molecule has 1 atom stereocenters. The van der Waals surface area contributed by atoms with Gasteiger partial charge in [0.15, 0.2) is 0 Å². The van der Waals surface area contributed by atoms with Crippen LogP contribution in [0.1, 0.15) is 30.3 Å². The molecular formula is C9H14N2O3. The zero-order chi connectivity index (χ0) is 10.7. The number of nitrogens with two attached hydrogens (primary N) is 1. The summed E-state index contributed by atoms with van der Waals surface area (Å²) in [7, 11) is 1.32. The highest BCUT2D eigenvalue weighted by molar-refractivity contribution is 5.71. The summed E-state index contributed by atoms with van der Waals surface area (Å²) in [6, 6.07) is -0.214. The summed E-state index contributed by atoms with van der Waals surface area (Å²) in [5.74, 6) is 0.591. The first-order chi connectivity index (χ1) is 6.54. The minimum Gasteiger partial charge on any atom is -0.469 e. The van der Waals surface area contributed by atoms with Crippen molar-refractivity contribution in [3.8, 4) is 0 Å². The van der Waals surface area contributed by atoms with Crippen LogP contribution < -0.4 is 5.73 Å². The minimum absolute atomic E-state index is 0.0457. The SMILES string of the molecule is COC(=O)Cc1nc(C)c(C(C)N)o1. The lowest BCUT2D eigenvalue weighted by molar-refractivity contribution is -0.140. The van der Waals surface area contributed by atoms with Gasteiger partial charge in [-0.3, -0.25) is 4.79 Å². The molecule has 0 saturated heterocycles. The van der Waals surface area contributed by atoms with Crippen molar-refractivity contribution in [1.82, 2.24) is 4.98 Å². The highest BCUT2D eigenvalue weighted by Crippen LogP contribution is 2.16. The summed E-state index contributed by atoms with van der Waals surface area (Å²) in [4.78, 5) is 15.0. The van der Waals surface area contributed by atoms with Crippen LogP contribution in [0.3, 0.4) is 0 Å². The Morgan fingerprint density at radius 2 is 2.36 bits per heavy atom. The van der Waals surface area contributed by atoms with Crippen LogP contribution in [-0.2, 0) is 16.0 Å². The van der Waals surface area contributed by atoms with Crippen LogP contribution in [0.5, 0.6) is 0 Å². The van der Waals surface area contributed by atoms with Crippen LogP contribution in [0.2, 0.25) is 0 Å². The van der Waals surface area contributed by atoms with Gasteiger partial charge in [-0.15, -0.1) is 0 Å². The van der Waals surface area contributed by atoms with Crippen LogP contribution in [0.4, 0.5) is 0 Å². The summed E-state index contributed by atoms with van der Waals surface area (Å²) in [6.45, 7) is 3.60. The summed E-state index contributed by atoms with van der Waals surface area (Å²) in [6.07, 6.45) is 0.0457. The second-order valence-electron chi connectivity index (χ2n) is 3.10. The van der Waals surface area contributed by atoms with Gasteiger partial charge in [-0.2, -0.15) is 0 Å². The number of carbonyl (C=O) groups is 1. The molecule has 0 saturated carbocycles. The average Bonchev–Trinajstić information content (AvgIpc) is 2.46. The molecule has 14 heavy (non-hydrogen) atoms. The molecule has 0 aromatic carbocycles. The largest absolute Gasteiger partial charge is 0.469 e. The fraction of sp³-hybridized carbons (Fsp3) is 0.556. The van der Waals surface area contributed by atoms with Crippen LogP contribution in [0.25, 0.3) is 0 Å². The van der Waals surface area contributed by atoms with Crippen molar-refractivity contribution in [3.63, 3.8) is 0 Å². The van der Waals surface area contributed by atoms with E-state index in [1.165, 1.54) is 7.11 Å². The van der Waals surface area contributed by atoms with Crippen molar-refractivity contribution in [2.24, 2.45) is 5.73 Å². The smallest absolute Gasteiger partial charge is 0.314 e. The Labute approximate surface area is 82.2 Å². The van der Waals surface area contributed by atoms with E-state index in [2.05, 4.69) is 9.72 Å². The number of esters is 1. The maximum Gasteiger partial charge on any atom is 0.314 e. The van der Waals surface area contributed by atoms with Crippen LogP contribution in [0, 0.1) is 6.92 Å². The zero-order valence-corrected chi connectivity index (χ0v) is 8.53. The number of ether oxygens (including phenoxy) is 1. The number of aryl methyl sites for hydroxylation is 1. The minimum atomic E-state index is -0.373. The number of aromatic nitrogens is 1. The second kappa shape index (κ2) is 4.23. The van der Waals surface area contributed by atoms with Gasteiger partial charge in [-0.25, -0.2) is 4.98 Å². The van der Waals surface area contributed by atoms with Crippen molar-refractivity contribution in [2.45, 2.75) is 26.3 Å². The second-order valence-corrected chi connectivity index (χ2v) is 3.10. The molecule has 2 N–H and O–H groups in total. The summed E-state index contributed by atoms with van der Waals surface area (Å²) >= 11 is 0. The van der Waals surface area contributed by atoms with Gasteiger partial charge in [0.05, 0.1) is 18.8 Å². The van der Waals surface area contributed by atoms with Gasteiger partial charge in [-0.1, -0.05) is 0 Å². The molecule has 0 aliphatic rings. The van der Waals surface area contributed by atoms with Crippen LogP contribution in [-0.4, -0.2) is 18.1 Å². The molecule has 1 aromatic heterocycles. The van der Waals surface area contributed by atoms with Crippen molar-refractivity contribution >= 4 is 5.97 Å². The summed E-state index contributed by atoms with van der Waals surface area (Å²) in [5.41, 5.74) is 6.36. The fourth-order valence-corrected chi connectivity index (χ4v) is 1.16. The number of oxazole rings is 1. The molecule has 0 radical (unpaired) electrons. The van der Waals surface area contributed by atoms with E-state index in [0.29, 0.717) is 11.7 Å². The number of methoxy groups -OCH3 is 1. The molecule has 1 unspecified atom stereocenters. The van der Waals surface area contributed by atoms with E-state index in [1.54, 1.807) is 13.8 Å². The molecule has 5 heteroatoms. The first kappa shape index (κ1) is 10.7. The van der Waals surface area contributed by atoms with Gasteiger partial charge >= 0.3 is 5.97 Å². The highest BCUT2D eigenvalue weighted by atomic mass is 16.5. The Hall–Kier alpha value is -1.36. The molecular weight excluding hydrogens is 184 g/mol. The highest BCUT2D eigenvalue weighted by Gasteiger charge is 2.15. The number of hydrogen-bond donors (Lipinski definition) is 1. The number of carbonyl (C=O) groups excluding carboxylic acids is 1. The number of hydrogen-bond acceptors (Lipinski definition) is 5. The lowest BCUT2D eigenvalue weighted by Crippen LogP contribution is -2.05.